The van der Waals surface area contributed by atoms with Crippen molar-refractivity contribution in [2.75, 3.05) is 0 Å². The molecule has 0 spiro atoms. The molecule has 0 saturated heterocycles. The third-order valence-electron chi connectivity index (χ3n) is 7.49. The lowest BCUT2D eigenvalue weighted by atomic mass is 9.91. The minimum Gasteiger partial charge on any atom is -0.247 e. The summed E-state index contributed by atoms with van der Waals surface area (Å²) >= 11 is 0.824. The van der Waals surface area contributed by atoms with Crippen LogP contribution in [0.25, 0.3) is 71.1 Å². The topological polar surface area (TPSA) is 90.6 Å². The molecule has 0 fully saturated rings. The predicted molar refractivity (Wildman–Crippen MR) is 162 cm³/mol. The van der Waals surface area contributed by atoms with E-state index in [4.69, 9.17) is 11.6 Å². The Bertz CT molecular complexity index is 2430. The molecule has 0 aliphatic rings. The maximum absolute atomic E-state index is 15.7. The molecular formula is C34H13F3N6S. The Balaban J connectivity index is 1.64. The fourth-order valence-electron chi connectivity index (χ4n) is 5.50. The van der Waals surface area contributed by atoms with Crippen molar-refractivity contribution in [3.05, 3.63) is 119 Å². The summed E-state index contributed by atoms with van der Waals surface area (Å²) in [5, 5.41) is 20.7. The number of fused-ring (bicyclic) bond motifs is 5. The molecule has 206 valence electrons. The summed E-state index contributed by atoms with van der Waals surface area (Å²) < 4.78 is 54.9. The predicted octanol–water partition coefficient (Wildman–Crippen LogP) is 9.11. The van der Waals surface area contributed by atoms with E-state index in [0.29, 0.717) is 44.1 Å². The molecular weight excluding hydrogens is 581 g/mol. The van der Waals surface area contributed by atoms with Crippen LogP contribution in [-0.2, 0) is 0 Å². The molecule has 0 aliphatic heterocycles. The Labute approximate surface area is 251 Å². The molecule has 7 rings (SSSR count). The maximum Gasteiger partial charge on any atom is 0.194 e. The molecule has 0 radical (unpaired) electrons. The van der Waals surface area contributed by atoms with Crippen LogP contribution in [0, 0.1) is 46.7 Å². The van der Waals surface area contributed by atoms with Crippen molar-refractivity contribution in [1.82, 2.24) is 13.7 Å². The zero-order chi connectivity index (χ0) is 30.5. The first kappa shape index (κ1) is 26.7. The standard InChI is InChI=1S/C34H13F3N6S/c1-40-25-10-6-5-9-19(25)18-11-12-20-26(13-18)41-32(17-7-3-2-4-8-17)21-14-22(33-34(27(20)21)43-44-42-33)28-30(36)23(15-38)29(35)24(16-39)31(28)37/h2-14H. The highest BCUT2D eigenvalue weighted by atomic mass is 32.1. The van der Waals surface area contributed by atoms with Crippen molar-refractivity contribution >= 4 is 50.1 Å². The van der Waals surface area contributed by atoms with E-state index >= 15 is 8.78 Å². The molecule has 0 unspecified atom stereocenters. The number of rotatable bonds is 3. The summed E-state index contributed by atoms with van der Waals surface area (Å²) in [4.78, 5) is 8.64. The molecule has 10 heteroatoms. The Hall–Kier alpha value is -6.15. The van der Waals surface area contributed by atoms with Crippen molar-refractivity contribution in [2.45, 2.75) is 0 Å². The molecule has 2 heterocycles. The summed E-state index contributed by atoms with van der Waals surface area (Å²) in [6.45, 7) is 7.59. The highest BCUT2D eigenvalue weighted by Crippen LogP contribution is 2.44. The van der Waals surface area contributed by atoms with Gasteiger partial charge in [0.25, 0.3) is 0 Å². The fraction of sp³-hybridized carbons (Fsp3) is 0. The van der Waals surface area contributed by atoms with Gasteiger partial charge in [0.1, 0.15) is 34.3 Å². The van der Waals surface area contributed by atoms with Crippen LogP contribution >= 0.6 is 11.7 Å². The number of nitrogens with zero attached hydrogens (tertiary/aromatic N) is 6. The van der Waals surface area contributed by atoms with E-state index in [0.717, 1.165) is 22.9 Å². The Morgan fingerprint density at radius 3 is 2.09 bits per heavy atom. The monoisotopic (exact) mass is 594 g/mol. The molecule has 0 saturated carbocycles. The molecule has 5 aromatic carbocycles. The van der Waals surface area contributed by atoms with Crippen molar-refractivity contribution in [3.63, 3.8) is 0 Å². The van der Waals surface area contributed by atoms with E-state index in [1.165, 1.54) is 18.2 Å². The van der Waals surface area contributed by atoms with Gasteiger partial charge in [0.05, 0.1) is 35.1 Å². The Kier molecular flexibility index (Phi) is 6.25. The van der Waals surface area contributed by atoms with Crippen LogP contribution in [0.15, 0.2) is 78.9 Å². The van der Waals surface area contributed by atoms with E-state index in [9.17, 15) is 14.9 Å². The molecule has 6 nitrogen and oxygen atoms in total. The normalized spacial score (nSPS) is 11.0. The van der Waals surface area contributed by atoms with Crippen molar-refractivity contribution in [2.24, 2.45) is 0 Å². The lowest BCUT2D eigenvalue weighted by Crippen LogP contribution is -2.04. The van der Waals surface area contributed by atoms with E-state index in [-0.39, 0.29) is 11.1 Å². The zero-order valence-corrected chi connectivity index (χ0v) is 23.0. The van der Waals surface area contributed by atoms with Gasteiger partial charge < -0.3 is 0 Å². The highest BCUT2D eigenvalue weighted by Gasteiger charge is 2.29. The summed E-state index contributed by atoms with van der Waals surface area (Å²) in [7, 11) is 0. The van der Waals surface area contributed by atoms with E-state index < -0.39 is 34.1 Å². The van der Waals surface area contributed by atoms with Crippen LogP contribution < -0.4 is 0 Å². The van der Waals surface area contributed by atoms with Crippen LogP contribution in [0.1, 0.15) is 11.1 Å². The number of aromatic nitrogens is 3. The number of nitriles is 2. The van der Waals surface area contributed by atoms with Crippen LogP contribution in [0.2, 0.25) is 0 Å². The fourth-order valence-corrected chi connectivity index (χ4v) is 6.07. The van der Waals surface area contributed by atoms with Gasteiger partial charge in [-0.05, 0) is 23.3 Å². The van der Waals surface area contributed by atoms with Gasteiger partial charge in [0.15, 0.2) is 23.1 Å². The molecule has 0 N–H and O–H groups in total. The highest BCUT2D eigenvalue weighted by molar-refractivity contribution is 7.00. The first-order chi connectivity index (χ1) is 21.5. The largest absolute Gasteiger partial charge is 0.247 e. The second kappa shape index (κ2) is 10.3. The van der Waals surface area contributed by atoms with Gasteiger partial charge in [-0.25, -0.2) is 23.0 Å². The minimum absolute atomic E-state index is 0.0924. The van der Waals surface area contributed by atoms with Gasteiger partial charge in [0.2, 0.25) is 0 Å². The van der Waals surface area contributed by atoms with Gasteiger partial charge in [-0.15, -0.1) is 0 Å². The van der Waals surface area contributed by atoms with Crippen LogP contribution in [0.4, 0.5) is 18.9 Å². The lowest BCUT2D eigenvalue weighted by molar-refractivity contribution is 0.539. The third kappa shape index (κ3) is 3.89. The summed E-state index contributed by atoms with van der Waals surface area (Å²) in [6, 6.07) is 26.4. The zero-order valence-electron chi connectivity index (χ0n) is 22.2. The number of halogens is 3. The number of benzene rings is 5. The van der Waals surface area contributed by atoms with Gasteiger partial charge in [-0.3, -0.25) is 0 Å². The van der Waals surface area contributed by atoms with Gasteiger partial charge in [0, 0.05) is 27.3 Å². The van der Waals surface area contributed by atoms with Crippen LogP contribution in [0.3, 0.4) is 0 Å². The van der Waals surface area contributed by atoms with Crippen LogP contribution in [0.5, 0.6) is 0 Å². The number of hydrogen-bond acceptors (Lipinski definition) is 6. The Morgan fingerprint density at radius 2 is 1.39 bits per heavy atom. The summed E-state index contributed by atoms with van der Waals surface area (Å²) in [5.74, 6) is -4.43. The second-order valence-electron chi connectivity index (χ2n) is 9.79. The van der Waals surface area contributed by atoms with Crippen molar-refractivity contribution in [1.29, 1.82) is 10.5 Å². The average Bonchev–Trinajstić information content (AvgIpc) is 3.55. The molecule has 2 aromatic heterocycles. The summed E-state index contributed by atoms with van der Waals surface area (Å²) in [5.41, 5.74) is 1.25. The van der Waals surface area contributed by atoms with Crippen LogP contribution in [-0.4, -0.2) is 13.7 Å². The minimum atomic E-state index is -1.56. The number of pyridine rings is 1. The summed E-state index contributed by atoms with van der Waals surface area (Å²) in [6.07, 6.45) is 0. The molecule has 0 aliphatic carbocycles. The molecule has 0 atom stereocenters. The third-order valence-corrected chi connectivity index (χ3v) is 8.01. The number of para-hydroxylation sites is 1. The van der Waals surface area contributed by atoms with Gasteiger partial charge >= 0.3 is 0 Å². The smallest absolute Gasteiger partial charge is 0.194 e. The van der Waals surface area contributed by atoms with Crippen molar-refractivity contribution < 1.29 is 13.2 Å². The van der Waals surface area contributed by atoms with E-state index in [1.807, 2.05) is 60.7 Å². The van der Waals surface area contributed by atoms with Crippen molar-refractivity contribution in [3.8, 4) is 45.6 Å². The first-order valence-electron chi connectivity index (χ1n) is 13.0. The number of hydrogen-bond donors (Lipinski definition) is 0. The van der Waals surface area contributed by atoms with Gasteiger partial charge in [-0.1, -0.05) is 66.7 Å². The quantitative estimate of drug-likeness (QED) is 0.150. The van der Waals surface area contributed by atoms with Gasteiger partial charge in [-0.2, -0.15) is 19.3 Å². The average molecular weight is 595 g/mol. The first-order valence-corrected chi connectivity index (χ1v) is 13.8. The molecule has 44 heavy (non-hydrogen) atoms. The van der Waals surface area contributed by atoms with E-state index in [1.54, 1.807) is 12.1 Å². The second-order valence-corrected chi connectivity index (χ2v) is 10.3. The molecule has 7 aromatic rings. The SMILES string of the molecule is [C-]#[N+]c1ccccc1-c1ccc2c(c1)nc(-c1ccccc1)c1cc(-c3c(F)c(C#N)c(F)c(C#N)c3F)c3nsnc3c12. The Morgan fingerprint density at radius 1 is 0.705 bits per heavy atom. The maximum atomic E-state index is 15.7. The van der Waals surface area contributed by atoms with E-state index in [2.05, 4.69) is 13.6 Å². The molecule has 0 amide bonds. The molecule has 0 bridgehead atoms. The lowest BCUT2D eigenvalue weighted by Gasteiger charge is -2.15.